The van der Waals surface area contributed by atoms with Crippen LogP contribution in [0.25, 0.3) is 109 Å². The molecule has 11 aromatic carbocycles. The highest BCUT2D eigenvalue weighted by molar-refractivity contribution is 6.26. The molecule has 0 fully saturated rings. The van der Waals surface area contributed by atoms with Gasteiger partial charge in [0, 0.05) is 61.1 Å². The first kappa shape index (κ1) is 35.0. The van der Waals surface area contributed by atoms with Gasteiger partial charge in [-0.25, -0.2) is 0 Å². The van der Waals surface area contributed by atoms with Crippen LogP contribution in [0.3, 0.4) is 0 Å². The van der Waals surface area contributed by atoms with Crippen molar-refractivity contribution in [1.29, 1.82) is 0 Å². The van der Waals surface area contributed by atoms with Crippen molar-refractivity contribution in [2.24, 2.45) is 0 Å². The zero-order chi connectivity index (χ0) is 41.9. The highest BCUT2D eigenvalue weighted by Gasteiger charge is 2.24. The lowest BCUT2D eigenvalue weighted by Gasteiger charge is -2.27. The van der Waals surface area contributed by atoms with Gasteiger partial charge in [0.15, 0.2) is 0 Å². The summed E-state index contributed by atoms with van der Waals surface area (Å²) >= 11 is 0. The minimum atomic E-state index is 0.854. The number of nitrogens with zero attached hydrogens (tertiary/aromatic N) is 3. The van der Waals surface area contributed by atoms with Crippen molar-refractivity contribution >= 4 is 115 Å². The number of furan rings is 1. The van der Waals surface area contributed by atoms with Gasteiger partial charge in [-0.1, -0.05) is 146 Å². The average Bonchev–Trinajstić information content (AvgIpc) is 4.02. The molecule has 64 heavy (non-hydrogen) atoms. The Balaban J connectivity index is 1.09. The minimum Gasteiger partial charge on any atom is -0.456 e. The molecular formula is C60H37N3O. The predicted octanol–water partition coefficient (Wildman–Crippen LogP) is 16.7. The number of hydrogen-bond acceptors (Lipinski definition) is 2. The van der Waals surface area contributed by atoms with E-state index in [1.54, 1.807) is 0 Å². The molecule has 0 aliphatic carbocycles. The molecule has 0 N–H and O–H groups in total. The highest BCUT2D eigenvalue weighted by atomic mass is 16.3. The quantitative estimate of drug-likeness (QED) is 0.162. The van der Waals surface area contributed by atoms with E-state index in [0.717, 1.165) is 66.9 Å². The van der Waals surface area contributed by atoms with E-state index in [2.05, 4.69) is 232 Å². The molecule has 0 atom stereocenters. The minimum absolute atomic E-state index is 0.854. The van der Waals surface area contributed by atoms with Crippen molar-refractivity contribution in [3.05, 3.63) is 224 Å². The molecule has 0 amide bonds. The van der Waals surface area contributed by atoms with Crippen molar-refractivity contribution in [2.45, 2.75) is 0 Å². The molecule has 0 spiro atoms. The van der Waals surface area contributed by atoms with Crippen LogP contribution < -0.4 is 4.90 Å². The van der Waals surface area contributed by atoms with Crippen molar-refractivity contribution < 1.29 is 4.42 Å². The van der Waals surface area contributed by atoms with Crippen molar-refractivity contribution in [3.8, 4) is 11.4 Å². The van der Waals surface area contributed by atoms with E-state index in [1.165, 1.54) is 59.4 Å². The Hall–Kier alpha value is -8.60. The van der Waals surface area contributed by atoms with Gasteiger partial charge in [0.05, 0.1) is 27.8 Å². The maximum Gasteiger partial charge on any atom is 0.137 e. The summed E-state index contributed by atoms with van der Waals surface area (Å²) in [5, 5.41) is 14.5. The Morgan fingerprint density at radius 2 is 0.781 bits per heavy atom. The first-order chi connectivity index (χ1) is 31.8. The highest BCUT2D eigenvalue weighted by Crippen LogP contribution is 2.47. The topological polar surface area (TPSA) is 26.2 Å². The van der Waals surface area contributed by atoms with E-state index in [9.17, 15) is 0 Å². The molecule has 0 unspecified atom stereocenters. The smallest absolute Gasteiger partial charge is 0.137 e. The second-order valence-corrected chi connectivity index (χ2v) is 16.9. The monoisotopic (exact) mass is 815 g/mol. The van der Waals surface area contributed by atoms with Crippen LogP contribution in [0.5, 0.6) is 0 Å². The Morgan fingerprint density at radius 1 is 0.281 bits per heavy atom. The van der Waals surface area contributed by atoms with E-state index in [0.29, 0.717) is 0 Å². The average molecular weight is 816 g/mol. The summed E-state index contributed by atoms with van der Waals surface area (Å²) in [7, 11) is 0. The summed E-state index contributed by atoms with van der Waals surface area (Å²) in [6.07, 6.45) is 0. The summed E-state index contributed by atoms with van der Waals surface area (Å²) in [6, 6.07) is 81.7. The third kappa shape index (κ3) is 4.99. The van der Waals surface area contributed by atoms with Gasteiger partial charge in [0.25, 0.3) is 0 Å². The Bertz CT molecular complexity index is 4170. The van der Waals surface area contributed by atoms with Gasteiger partial charge >= 0.3 is 0 Å². The van der Waals surface area contributed by atoms with Crippen LogP contribution in [-0.2, 0) is 0 Å². The van der Waals surface area contributed by atoms with Crippen LogP contribution in [0.2, 0.25) is 0 Å². The molecule has 0 radical (unpaired) electrons. The SMILES string of the molecule is c1ccc(-n2c3ccccc3c3ccc(-n4c5ccccc5c5cccc(N(c6ccc7c(c6)oc6ccccc67)c6ccc7c8ccccc8c8ccccc8c7c6)c54)cc32)cc1. The lowest BCUT2D eigenvalue weighted by molar-refractivity contribution is 0.669. The Kier molecular flexibility index (Phi) is 7.36. The number of aromatic nitrogens is 2. The van der Waals surface area contributed by atoms with Gasteiger partial charge in [-0.2, -0.15) is 0 Å². The second-order valence-electron chi connectivity index (χ2n) is 16.9. The molecule has 0 saturated heterocycles. The molecule has 0 saturated carbocycles. The zero-order valence-corrected chi connectivity index (χ0v) is 34.6. The first-order valence-electron chi connectivity index (χ1n) is 21.9. The molecule has 0 aliphatic heterocycles. The van der Waals surface area contributed by atoms with Crippen molar-refractivity contribution in [3.63, 3.8) is 0 Å². The summed E-state index contributed by atoms with van der Waals surface area (Å²) in [5.74, 6) is 0. The fraction of sp³-hybridized carbons (Fsp3) is 0. The molecule has 298 valence electrons. The third-order valence-electron chi connectivity index (χ3n) is 13.5. The zero-order valence-electron chi connectivity index (χ0n) is 34.6. The molecule has 0 aliphatic rings. The molecule has 4 nitrogen and oxygen atoms in total. The lowest BCUT2D eigenvalue weighted by atomic mass is 9.94. The maximum atomic E-state index is 6.60. The van der Waals surface area contributed by atoms with Crippen LogP contribution in [0, 0.1) is 0 Å². The van der Waals surface area contributed by atoms with E-state index >= 15 is 0 Å². The van der Waals surface area contributed by atoms with Gasteiger partial charge in [-0.3, -0.25) is 0 Å². The van der Waals surface area contributed by atoms with Gasteiger partial charge < -0.3 is 18.5 Å². The van der Waals surface area contributed by atoms with Gasteiger partial charge in [0.2, 0.25) is 0 Å². The maximum absolute atomic E-state index is 6.60. The largest absolute Gasteiger partial charge is 0.456 e. The van der Waals surface area contributed by atoms with Crippen molar-refractivity contribution in [2.75, 3.05) is 4.90 Å². The van der Waals surface area contributed by atoms with Crippen LogP contribution in [0.4, 0.5) is 17.1 Å². The van der Waals surface area contributed by atoms with Crippen LogP contribution in [-0.4, -0.2) is 9.13 Å². The summed E-state index contributed by atoms with van der Waals surface area (Å²) in [4.78, 5) is 2.44. The standard InChI is InChI=1S/C60H37N3O/c1-2-15-38(16-3-1)62-54-25-11-8-21-47(54)49-33-30-40(36-57(49)62)63-55-26-12-9-22-48(55)52-24-14-27-56(60(52)63)61(41-31-34-51-50-23-10-13-28-58(50)64-59(51)37-41)39-29-32-46-44-19-5-4-17-42(44)43-18-6-7-20-45(43)53(46)35-39/h1-37H. The molecule has 0 bridgehead atoms. The van der Waals surface area contributed by atoms with Gasteiger partial charge in [-0.15, -0.1) is 0 Å². The molecule has 3 aromatic heterocycles. The van der Waals surface area contributed by atoms with Crippen molar-refractivity contribution in [1.82, 2.24) is 9.13 Å². The molecule has 3 heterocycles. The Labute approximate surface area is 367 Å². The van der Waals surface area contributed by atoms with E-state index in [4.69, 9.17) is 4.42 Å². The lowest BCUT2D eigenvalue weighted by Crippen LogP contribution is -2.11. The van der Waals surface area contributed by atoms with Crippen LogP contribution >= 0.6 is 0 Å². The summed E-state index contributed by atoms with van der Waals surface area (Å²) in [5.41, 5.74) is 11.7. The van der Waals surface area contributed by atoms with E-state index < -0.39 is 0 Å². The predicted molar refractivity (Wildman–Crippen MR) is 270 cm³/mol. The molecule has 4 heteroatoms. The second kappa shape index (κ2) is 13.4. The molecule has 14 rings (SSSR count). The molecular weight excluding hydrogens is 779 g/mol. The molecule has 14 aromatic rings. The summed E-state index contributed by atoms with van der Waals surface area (Å²) < 4.78 is 11.5. The number of hydrogen-bond donors (Lipinski definition) is 0. The normalized spacial score (nSPS) is 12.1. The fourth-order valence-electron chi connectivity index (χ4n) is 10.7. The van der Waals surface area contributed by atoms with Gasteiger partial charge in [0.1, 0.15) is 11.2 Å². The Morgan fingerprint density at radius 3 is 1.52 bits per heavy atom. The number of anilines is 3. The van der Waals surface area contributed by atoms with E-state index in [1.807, 2.05) is 6.07 Å². The summed E-state index contributed by atoms with van der Waals surface area (Å²) in [6.45, 7) is 0. The number of para-hydroxylation sites is 5. The fourth-order valence-corrected chi connectivity index (χ4v) is 10.7. The first-order valence-corrected chi connectivity index (χ1v) is 21.9. The van der Waals surface area contributed by atoms with E-state index in [-0.39, 0.29) is 0 Å². The number of rotatable bonds is 5. The number of fused-ring (bicyclic) bond motifs is 15. The van der Waals surface area contributed by atoms with Gasteiger partial charge in [-0.05, 0) is 105 Å². The third-order valence-corrected chi connectivity index (χ3v) is 13.5. The number of benzene rings is 11. The van der Waals surface area contributed by atoms with Crippen LogP contribution in [0.15, 0.2) is 229 Å². The van der Waals surface area contributed by atoms with Crippen LogP contribution in [0.1, 0.15) is 0 Å².